The highest BCUT2D eigenvalue weighted by Crippen LogP contribution is 2.11. The zero-order valence-corrected chi connectivity index (χ0v) is 10.3. The number of hydrogen-bond acceptors (Lipinski definition) is 5. The van der Waals surface area contributed by atoms with Gasteiger partial charge in [-0.1, -0.05) is 6.07 Å². The molecule has 0 aliphatic heterocycles. The zero-order valence-electron chi connectivity index (χ0n) is 9.51. The molecule has 18 heavy (non-hydrogen) atoms. The second-order valence-corrected chi connectivity index (χ2v) is 4.31. The van der Waals surface area contributed by atoms with Crippen LogP contribution in [0.25, 0.3) is 0 Å². The number of rotatable bonds is 2. The summed E-state index contributed by atoms with van der Waals surface area (Å²) >= 11 is 1.24. The van der Waals surface area contributed by atoms with E-state index >= 15 is 0 Å². The number of nitrogens with one attached hydrogen (secondary N) is 2. The van der Waals surface area contributed by atoms with Crippen LogP contribution in [0.1, 0.15) is 5.56 Å². The molecule has 0 aromatic carbocycles. The zero-order chi connectivity index (χ0) is 13.0. The average molecular weight is 262 g/mol. The number of carbonyl (C=O) groups is 2. The van der Waals surface area contributed by atoms with Crippen molar-refractivity contribution >= 4 is 34.1 Å². The number of aryl methyl sites for hydroxylation is 1. The van der Waals surface area contributed by atoms with Crippen molar-refractivity contribution in [2.45, 2.75) is 6.92 Å². The van der Waals surface area contributed by atoms with Gasteiger partial charge in [-0.05, 0) is 18.6 Å². The Labute approximate surface area is 107 Å². The highest BCUT2D eigenvalue weighted by atomic mass is 32.1. The van der Waals surface area contributed by atoms with Gasteiger partial charge in [-0.25, -0.2) is 9.97 Å². The Morgan fingerprint density at radius 1 is 1.17 bits per heavy atom. The van der Waals surface area contributed by atoms with Gasteiger partial charge in [-0.3, -0.25) is 14.9 Å². The van der Waals surface area contributed by atoms with E-state index in [-0.39, 0.29) is 0 Å². The molecule has 0 aliphatic rings. The predicted molar refractivity (Wildman–Crippen MR) is 68.3 cm³/mol. The van der Waals surface area contributed by atoms with Crippen LogP contribution < -0.4 is 10.6 Å². The van der Waals surface area contributed by atoms with Crippen molar-refractivity contribution in [3.8, 4) is 0 Å². The van der Waals surface area contributed by atoms with Gasteiger partial charge in [-0.15, -0.1) is 11.3 Å². The molecule has 2 N–H and O–H groups in total. The number of aromatic nitrogens is 2. The summed E-state index contributed by atoms with van der Waals surface area (Å²) in [5, 5.41) is 6.91. The van der Waals surface area contributed by atoms with Crippen molar-refractivity contribution in [3.63, 3.8) is 0 Å². The lowest BCUT2D eigenvalue weighted by Gasteiger charge is -2.05. The number of amides is 2. The van der Waals surface area contributed by atoms with E-state index in [1.54, 1.807) is 36.8 Å². The molecule has 2 rings (SSSR count). The largest absolute Gasteiger partial charge is 0.315 e. The Morgan fingerprint density at radius 3 is 2.61 bits per heavy atom. The molecule has 6 nitrogen and oxygen atoms in total. The van der Waals surface area contributed by atoms with Gasteiger partial charge >= 0.3 is 11.8 Å². The molecule has 2 heterocycles. The fourth-order valence-corrected chi connectivity index (χ4v) is 1.74. The van der Waals surface area contributed by atoms with Crippen LogP contribution >= 0.6 is 11.3 Å². The summed E-state index contributed by atoms with van der Waals surface area (Å²) in [6.07, 6.45) is 3.09. The first kappa shape index (κ1) is 12.2. The van der Waals surface area contributed by atoms with E-state index in [1.165, 1.54) is 11.3 Å². The topological polar surface area (TPSA) is 84.0 Å². The molecule has 0 spiro atoms. The summed E-state index contributed by atoms with van der Waals surface area (Å²) in [7, 11) is 0. The predicted octanol–water partition coefficient (Wildman–Crippen LogP) is 1.42. The van der Waals surface area contributed by atoms with E-state index in [1.807, 2.05) is 0 Å². The highest BCUT2D eigenvalue weighted by molar-refractivity contribution is 7.13. The standard InChI is InChI=1S/C11H10N4O2S/c1-7-3-2-4-12-8(7)14-9(16)10(17)15-11-13-5-6-18-11/h2-6H,1H3,(H,12,14,16)(H,13,15,17). The molecule has 0 saturated carbocycles. The third-order valence-corrected chi connectivity index (χ3v) is 2.79. The van der Waals surface area contributed by atoms with Crippen molar-refractivity contribution in [2.24, 2.45) is 0 Å². The Balaban J connectivity index is 2.00. The van der Waals surface area contributed by atoms with Crippen molar-refractivity contribution < 1.29 is 9.59 Å². The summed E-state index contributed by atoms with van der Waals surface area (Å²) < 4.78 is 0. The van der Waals surface area contributed by atoms with Gasteiger partial charge in [0.05, 0.1) is 0 Å². The van der Waals surface area contributed by atoms with Crippen LogP contribution in [0.4, 0.5) is 10.9 Å². The van der Waals surface area contributed by atoms with E-state index in [0.29, 0.717) is 10.9 Å². The summed E-state index contributed by atoms with van der Waals surface area (Å²) in [6.45, 7) is 1.79. The van der Waals surface area contributed by atoms with E-state index in [2.05, 4.69) is 20.6 Å². The van der Waals surface area contributed by atoms with Gasteiger partial charge in [0.1, 0.15) is 5.82 Å². The third-order valence-electron chi connectivity index (χ3n) is 2.10. The first-order chi connectivity index (χ1) is 8.66. The van der Waals surface area contributed by atoms with Crippen LogP contribution in [0.3, 0.4) is 0 Å². The first-order valence-corrected chi connectivity index (χ1v) is 5.98. The molecule has 2 aromatic rings. The number of carbonyl (C=O) groups excluding carboxylic acids is 2. The molecule has 0 bridgehead atoms. The molecular weight excluding hydrogens is 252 g/mol. The Kier molecular flexibility index (Phi) is 3.63. The second kappa shape index (κ2) is 5.37. The van der Waals surface area contributed by atoms with Crippen LogP contribution in [-0.4, -0.2) is 21.8 Å². The molecule has 7 heteroatoms. The van der Waals surface area contributed by atoms with Gasteiger partial charge < -0.3 is 5.32 Å². The fraction of sp³-hybridized carbons (Fsp3) is 0.0909. The minimum absolute atomic E-state index is 0.372. The summed E-state index contributed by atoms with van der Waals surface area (Å²) in [4.78, 5) is 31.0. The van der Waals surface area contributed by atoms with E-state index < -0.39 is 11.8 Å². The number of pyridine rings is 1. The molecule has 0 radical (unpaired) electrons. The number of hydrogen-bond donors (Lipinski definition) is 2. The number of nitrogens with zero attached hydrogens (tertiary/aromatic N) is 2. The monoisotopic (exact) mass is 262 g/mol. The van der Waals surface area contributed by atoms with Crippen molar-refractivity contribution in [1.82, 2.24) is 9.97 Å². The van der Waals surface area contributed by atoms with E-state index in [0.717, 1.165) is 5.56 Å². The number of thiazole rings is 1. The van der Waals surface area contributed by atoms with Crippen LogP contribution in [0.15, 0.2) is 29.9 Å². The highest BCUT2D eigenvalue weighted by Gasteiger charge is 2.16. The molecule has 2 amide bonds. The molecule has 0 fully saturated rings. The quantitative estimate of drug-likeness (QED) is 0.802. The molecule has 2 aromatic heterocycles. The molecule has 0 aliphatic carbocycles. The first-order valence-electron chi connectivity index (χ1n) is 5.10. The maximum absolute atomic E-state index is 11.6. The molecule has 0 saturated heterocycles. The molecule has 92 valence electrons. The minimum Gasteiger partial charge on any atom is -0.302 e. The van der Waals surface area contributed by atoms with Crippen LogP contribution in [0.5, 0.6) is 0 Å². The van der Waals surface area contributed by atoms with Crippen LogP contribution in [0, 0.1) is 6.92 Å². The average Bonchev–Trinajstić information content (AvgIpc) is 2.84. The fourth-order valence-electron chi connectivity index (χ4n) is 1.22. The van der Waals surface area contributed by atoms with Crippen molar-refractivity contribution in [3.05, 3.63) is 35.5 Å². The molecular formula is C11H10N4O2S. The Morgan fingerprint density at radius 2 is 1.94 bits per heavy atom. The maximum Gasteiger partial charge on any atom is 0.315 e. The number of anilines is 2. The second-order valence-electron chi connectivity index (χ2n) is 3.41. The maximum atomic E-state index is 11.6. The Bertz CT molecular complexity index is 568. The van der Waals surface area contributed by atoms with E-state index in [4.69, 9.17) is 0 Å². The lowest BCUT2D eigenvalue weighted by atomic mass is 10.3. The van der Waals surface area contributed by atoms with Gasteiger partial charge in [0.2, 0.25) is 0 Å². The van der Waals surface area contributed by atoms with Gasteiger partial charge in [0.15, 0.2) is 5.13 Å². The van der Waals surface area contributed by atoms with Crippen molar-refractivity contribution in [2.75, 3.05) is 10.6 Å². The van der Waals surface area contributed by atoms with Gasteiger partial charge in [0, 0.05) is 17.8 Å². The SMILES string of the molecule is Cc1cccnc1NC(=O)C(=O)Nc1nccs1. The normalized spacial score (nSPS) is 9.83. The van der Waals surface area contributed by atoms with Gasteiger partial charge in [-0.2, -0.15) is 0 Å². The van der Waals surface area contributed by atoms with Crippen LogP contribution in [-0.2, 0) is 9.59 Å². The smallest absolute Gasteiger partial charge is 0.302 e. The van der Waals surface area contributed by atoms with Gasteiger partial charge in [0.25, 0.3) is 0 Å². The summed E-state index contributed by atoms with van der Waals surface area (Å²) in [5.41, 5.74) is 0.785. The summed E-state index contributed by atoms with van der Waals surface area (Å²) in [5.74, 6) is -1.17. The molecule has 0 unspecified atom stereocenters. The molecule has 0 atom stereocenters. The summed E-state index contributed by atoms with van der Waals surface area (Å²) in [6, 6.07) is 3.54. The van der Waals surface area contributed by atoms with Crippen LogP contribution in [0.2, 0.25) is 0 Å². The van der Waals surface area contributed by atoms with E-state index in [9.17, 15) is 9.59 Å². The minimum atomic E-state index is -0.771. The lowest BCUT2D eigenvalue weighted by Crippen LogP contribution is -2.29. The lowest BCUT2D eigenvalue weighted by molar-refractivity contribution is -0.133. The Hall–Kier alpha value is -2.28. The van der Waals surface area contributed by atoms with Crippen molar-refractivity contribution in [1.29, 1.82) is 0 Å². The third kappa shape index (κ3) is 2.89.